The lowest BCUT2D eigenvalue weighted by Crippen LogP contribution is -2.23. The van der Waals surface area contributed by atoms with E-state index in [1.54, 1.807) is 17.6 Å². The van der Waals surface area contributed by atoms with Gasteiger partial charge in [-0.3, -0.25) is 9.36 Å². The number of rotatable bonds is 5. The van der Waals surface area contributed by atoms with Gasteiger partial charge >= 0.3 is 0 Å². The summed E-state index contributed by atoms with van der Waals surface area (Å²) in [5.74, 6) is 0. The fourth-order valence-electron chi connectivity index (χ4n) is 2.52. The first kappa shape index (κ1) is 17.5. The number of allylic oxidation sites excluding steroid dienone is 1. The van der Waals surface area contributed by atoms with Gasteiger partial charge in [0.15, 0.2) is 5.16 Å². The Morgan fingerprint density at radius 1 is 1.44 bits per heavy atom. The normalized spacial score (nSPS) is 12.0. The number of hydrogen-bond donors (Lipinski definition) is 0. The van der Waals surface area contributed by atoms with E-state index in [0.717, 1.165) is 11.1 Å². The van der Waals surface area contributed by atoms with Crippen molar-refractivity contribution in [2.45, 2.75) is 30.8 Å². The summed E-state index contributed by atoms with van der Waals surface area (Å²) >= 11 is 2.75. The number of fused-ring (bicyclic) bond motifs is 1. The van der Waals surface area contributed by atoms with Gasteiger partial charge in [0.25, 0.3) is 5.56 Å². The molecule has 0 aliphatic carbocycles. The maximum atomic E-state index is 13.1. The SMILES string of the molecule is C=CCn1c(SC(C)C#N)nc2scc(-c3ccc(C)cc3)c2c1=O. The molecule has 0 N–H and O–H groups in total. The first-order valence-electron chi connectivity index (χ1n) is 7.81. The summed E-state index contributed by atoms with van der Waals surface area (Å²) in [6.45, 7) is 7.94. The maximum absolute atomic E-state index is 13.1. The number of aryl methyl sites for hydroxylation is 1. The van der Waals surface area contributed by atoms with Crippen LogP contribution in [0.2, 0.25) is 0 Å². The molecule has 6 heteroatoms. The van der Waals surface area contributed by atoms with E-state index in [-0.39, 0.29) is 10.8 Å². The van der Waals surface area contributed by atoms with E-state index in [2.05, 4.69) is 17.6 Å². The van der Waals surface area contributed by atoms with Gasteiger partial charge in [0.05, 0.1) is 16.7 Å². The first-order valence-corrected chi connectivity index (χ1v) is 9.57. The monoisotopic (exact) mass is 367 g/mol. The zero-order valence-corrected chi connectivity index (χ0v) is 15.7. The lowest BCUT2D eigenvalue weighted by atomic mass is 10.1. The molecule has 3 rings (SSSR count). The van der Waals surface area contributed by atoms with E-state index >= 15 is 0 Å². The van der Waals surface area contributed by atoms with Crippen LogP contribution in [0.3, 0.4) is 0 Å². The molecule has 0 bridgehead atoms. The van der Waals surface area contributed by atoms with Gasteiger partial charge in [0.2, 0.25) is 0 Å². The number of aromatic nitrogens is 2. The number of benzene rings is 1. The smallest absolute Gasteiger partial charge is 0.263 e. The minimum atomic E-state index is -0.281. The molecule has 126 valence electrons. The van der Waals surface area contributed by atoms with Crippen molar-refractivity contribution in [2.75, 3.05) is 0 Å². The topological polar surface area (TPSA) is 58.7 Å². The van der Waals surface area contributed by atoms with Crippen LogP contribution in [0.5, 0.6) is 0 Å². The molecule has 4 nitrogen and oxygen atoms in total. The van der Waals surface area contributed by atoms with Crippen molar-refractivity contribution in [3.63, 3.8) is 0 Å². The summed E-state index contributed by atoms with van der Waals surface area (Å²) in [5.41, 5.74) is 3.00. The molecule has 2 aromatic heterocycles. The number of thiophene rings is 1. The van der Waals surface area contributed by atoms with Crippen LogP contribution in [0.15, 0.2) is 52.3 Å². The highest BCUT2D eigenvalue weighted by Crippen LogP contribution is 2.32. The molecule has 0 spiro atoms. The highest BCUT2D eigenvalue weighted by atomic mass is 32.2. The Bertz CT molecular complexity index is 1030. The van der Waals surface area contributed by atoms with Crippen molar-refractivity contribution in [1.82, 2.24) is 9.55 Å². The van der Waals surface area contributed by atoms with Crippen molar-refractivity contribution in [1.29, 1.82) is 5.26 Å². The average Bonchev–Trinajstić information content (AvgIpc) is 3.03. The van der Waals surface area contributed by atoms with E-state index in [1.807, 2.05) is 36.6 Å². The molecule has 1 aromatic carbocycles. The average molecular weight is 367 g/mol. The third-order valence-corrected chi connectivity index (χ3v) is 5.65. The molecule has 3 aromatic rings. The molecule has 2 heterocycles. The van der Waals surface area contributed by atoms with Gasteiger partial charge in [0, 0.05) is 17.5 Å². The van der Waals surface area contributed by atoms with Crippen molar-refractivity contribution in [3.05, 3.63) is 58.2 Å². The van der Waals surface area contributed by atoms with Crippen LogP contribution in [0.1, 0.15) is 12.5 Å². The number of nitriles is 1. The van der Waals surface area contributed by atoms with E-state index < -0.39 is 0 Å². The van der Waals surface area contributed by atoms with Crippen LogP contribution in [0, 0.1) is 18.3 Å². The molecule has 0 fully saturated rings. The van der Waals surface area contributed by atoms with Crippen LogP contribution in [-0.4, -0.2) is 14.8 Å². The molecule has 0 aliphatic rings. The fraction of sp³-hybridized carbons (Fsp3) is 0.211. The van der Waals surface area contributed by atoms with Gasteiger partial charge in [0.1, 0.15) is 4.83 Å². The Labute approximate surface area is 154 Å². The highest BCUT2D eigenvalue weighted by molar-refractivity contribution is 8.00. The quantitative estimate of drug-likeness (QED) is 0.375. The standard InChI is InChI=1S/C19H17N3OS2/c1-4-9-22-18(23)16-15(14-7-5-12(2)6-8-14)11-24-17(16)21-19(22)25-13(3)10-20/h4-8,11,13H,1,9H2,2-3H3. The van der Waals surface area contributed by atoms with Gasteiger partial charge in [-0.05, 0) is 19.4 Å². The Balaban J connectivity index is 2.23. The summed E-state index contributed by atoms with van der Waals surface area (Å²) < 4.78 is 1.60. The summed E-state index contributed by atoms with van der Waals surface area (Å²) in [4.78, 5) is 18.5. The third-order valence-electron chi connectivity index (χ3n) is 3.80. The maximum Gasteiger partial charge on any atom is 0.263 e. The van der Waals surface area contributed by atoms with Crippen molar-refractivity contribution >= 4 is 33.3 Å². The summed E-state index contributed by atoms with van der Waals surface area (Å²) in [7, 11) is 0. The Kier molecular flexibility index (Phi) is 5.07. The fourth-order valence-corrected chi connectivity index (χ4v) is 4.31. The zero-order chi connectivity index (χ0) is 18.0. The molecule has 0 amide bonds. The van der Waals surface area contributed by atoms with Crippen LogP contribution in [0.25, 0.3) is 21.3 Å². The molecule has 1 unspecified atom stereocenters. The van der Waals surface area contributed by atoms with Gasteiger partial charge in [-0.15, -0.1) is 17.9 Å². The Morgan fingerprint density at radius 3 is 2.80 bits per heavy atom. The molecule has 25 heavy (non-hydrogen) atoms. The van der Waals surface area contributed by atoms with Gasteiger partial charge in [-0.1, -0.05) is 47.7 Å². The molecule has 0 saturated heterocycles. The Morgan fingerprint density at radius 2 is 2.16 bits per heavy atom. The molecular weight excluding hydrogens is 350 g/mol. The second kappa shape index (κ2) is 7.26. The molecule has 0 saturated carbocycles. The second-order valence-electron chi connectivity index (χ2n) is 5.68. The van der Waals surface area contributed by atoms with E-state index in [0.29, 0.717) is 21.9 Å². The summed E-state index contributed by atoms with van der Waals surface area (Å²) in [6, 6.07) is 10.3. The van der Waals surface area contributed by atoms with Gasteiger partial charge in [-0.2, -0.15) is 5.26 Å². The van der Waals surface area contributed by atoms with Crippen molar-refractivity contribution < 1.29 is 0 Å². The van der Waals surface area contributed by atoms with Crippen molar-refractivity contribution in [2.24, 2.45) is 0 Å². The van der Waals surface area contributed by atoms with Crippen molar-refractivity contribution in [3.8, 4) is 17.2 Å². The van der Waals surface area contributed by atoms with E-state index in [4.69, 9.17) is 5.26 Å². The number of nitrogens with zero attached hydrogens (tertiary/aromatic N) is 3. The molecule has 1 atom stereocenters. The van der Waals surface area contributed by atoms with Gasteiger partial charge in [-0.25, -0.2) is 4.98 Å². The predicted molar refractivity (Wildman–Crippen MR) is 105 cm³/mol. The minimum absolute atomic E-state index is 0.0886. The Hall–Kier alpha value is -2.36. The van der Waals surface area contributed by atoms with Gasteiger partial charge < -0.3 is 0 Å². The lowest BCUT2D eigenvalue weighted by Gasteiger charge is -2.11. The van der Waals surface area contributed by atoms with Crippen LogP contribution in [-0.2, 0) is 6.54 Å². The first-order chi connectivity index (χ1) is 12.0. The highest BCUT2D eigenvalue weighted by Gasteiger charge is 2.18. The lowest BCUT2D eigenvalue weighted by molar-refractivity contribution is 0.672. The number of thioether (sulfide) groups is 1. The minimum Gasteiger partial charge on any atom is -0.283 e. The second-order valence-corrected chi connectivity index (χ2v) is 7.85. The predicted octanol–water partition coefficient (Wildman–Crippen LogP) is 4.62. The van der Waals surface area contributed by atoms with Crippen LogP contribution in [0.4, 0.5) is 0 Å². The zero-order valence-electron chi connectivity index (χ0n) is 14.0. The van der Waals surface area contributed by atoms with E-state index in [1.165, 1.54) is 28.7 Å². The van der Waals surface area contributed by atoms with Crippen LogP contribution >= 0.6 is 23.1 Å². The largest absolute Gasteiger partial charge is 0.283 e. The van der Waals surface area contributed by atoms with Crippen LogP contribution < -0.4 is 5.56 Å². The summed E-state index contributed by atoms with van der Waals surface area (Å²) in [6.07, 6.45) is 1.67. The number of hydrogen-bond acceptors (Lipinski definition) is 5. The molecule has 0 radical (unpaired) electrons. The molecular formula is C19H17N3OS2. The molecule has 0 aliphatic heterocycles. The third kappa shape index (κ3) is 3.39. The van der Waals surface area contributed by atoms with E-state index in [9.17, 15) is 4.79 Å². The summed E-state index contributed by atoms with van der Waals surface area (Å²) in [5, 5.41) is 12.0.